The van der Waals surface area contributed by atoms with E-state index in [0.29, 0.717) is 0 Å². The second-order valence-corrected chi connectivity index (χ2v) is 10.1. The van der Waals surface area contributed by atoms with Crippen molar-refractivity contribution in [3.63, 3.8) is 0 Å². The minimum absolute atomic E-state index is 0. The molecule has 0 aromatic heterocycles. The normalized spacial score (nSPS) is 19.3. The van der Waals surface area contributed by atoms with Crippen LogP contribution in [0.1, 0.15) is 1.43 Å². The van der Waals surface area contributed by atoms with Crippen LogP contribution < -0.4 is 18.9 Å². The SMILES string of the molecule is O=P(O)(O)OP(=O)(O)OP(=O)(O)OP(=O)(O)OP(=O)(O)O.[Fe].[H-].[Li+].[Mn]. The Balaban J connectivity index is -0.000000333. The molecule has 0 bridgehead atoms. The molecule has 0 heterocycles. The Hall–Kier alpha value is 2.35. The first kappa shape index (κ1) is 33.9. The summed E-state index contributed by atoms with van der Waals surface area (Å²) in [5.74, 6) is 0. The van der Waals surface area contributed by atoms with Crippen LogP contribution >= 0.6 is 39.1 Å². The maximum Gasteiger partial charge on any atom is 1.00 e. The third kappa shape index (κ3) is 19.1. The Morgan fingerprint density at radius 1 is 0.542 bits per heavy atom. The molecule has 0 fully saturated rings. The maximum atomic E-state index is 11.0. The van der Waals surface area contributed by atoms with E-state index < -0.39 is 39.1 Å². The van der Waals surface area contributed by atoms with Crippen molar-refractivity contribution in [3.8, 4) is 0 Å². The Morgan fingerprint density at radius 3 is 0.875 bits per heavy atom. The van der Waals surface area contributed by atoms with Crippen LogP contribution in [0.4, 0.5) is 0 Å². The topological polar surface area (TPSA) is 264 Å². The molecular formula is H8FeLiMnO16P5. The summed E-state index contributed by atoms with van der Waals surface area (Å²) in [7, 11) is -29.3. The predicted octanol–water partition coefficient (Wildman–Crippen LogP) is -3.35. The molecule has 0 aromatic rings. The van der Waals surface area contributed by atoms with Gasteiger partial charge in [-0.15, -0.1) is 0 Å². The van der Waals surface area contributed by atoms with Gasteiger partial charge in [-0.3, -0.25) is 0 Å². The van der Waals surface area contributed by atoms with Crippen molar-refractivity contribution in [2.24, 2.45) is 0 Å². The summed E-state index contributed by atoms with van der Waals surface area (Å²) in [6.07, 6.45) is 0. The van der Waals surface area contributed by atoms with Gasteiger partial charge in [0.25, 0.3) is 0 Å². The van der Waals surface area contributed by atoms with E-state index in [4.69, 9.17) is 34.3 Å². The Bertz CT molecular complexity index is 570. The smallest absolute Gasteiger partial charge is 1.00 e. The Kier molecular flexibility index (Phi) is 16.1. The first-order chi connectivity index (χ1) is 8.83. The van der Waals surface area contributed by atoms with Gasteiger partial charge in [-0.25, -0.2) is 22.8 Å². The minimum atomic E-state index is -6.07. The first-order valence-electron chi connectivity index (χ1n) is 3.77. The second-order valence-electron chi connectivity index (χ2n) is 2.71. The molecule has 2 unspecified atom stereocenters. The molecule has 0 amide bonds. The van der Waals surface area contributed by atoms with E-state index >= 15 is 0 Å². The van der Waals surface area contributed by atoms with Crippen molar-refractivity contribution in [2.75, 3.05) is 0 Å². The van der Waals surface area contributed by atoms with Gasteiger partial charge in [0.1, 0.15) is 0 Å². The molecule has 0 aliphatic carbocycles. The van der Waals surface area contributed by atoms with Crippen molar-refractivity contribution in [1.29, 1.82) is 0 Å². The summed E-state index contributed by atoms with van der Waals surface area (Å²) < 4.78 is 65.6. The third-order valence-corrected chi connectivity index (χ3v) is 7.49. The van der Waals surface area contributed by atoms with Gasteiger partial charge in [-0.1, -0.05) is 0 Å². The fourth-order valence-corrected chi connectivity index (χ4v) is 5.97. The molecule has 0 saturated carbocycles. The summed E-state index contributed by atoms with van der Waals surface area (Å²) in [6, 6.07) is 0. The van der Waals surface area contributed by atoms with Gasteiger partial charge < -0.3 is 35.7 Å². The zero-order valence-electron chi connectivity index (χ0n) is 11.8. The molecule has 24 heteroatoms. The van der Waals surface area contributed by atoms with Gasteiger partial charge >= 0.3 is 58.0 Å². The summed E-state index contributed by atoms with van der Waals surface area (Å²) >= 11 is 0. The van der Waals surface area contributed by atoms with Gasteiger partial charge in [0.15, 0.2) is 0 Å². The monoisotopic (exact) mass is 537 g/mol. The second kappa shape index (κ2) is 11.4. The molecule has 7 N–H and O–H groups in total. The van der Waals surface area contributed by atoms with Gasteiger partial charge in [0.05, 0.1) is 0 Å². The molecule has 1 radical (unpaired) electrons. The molecule has 0 aliphatic rings. The summed E-state index contributed by atoms with van der Waals surface area (Å²) in [6.45, 7) is 0. The van der Waals surface area contributed by atoms with Crippen LogP contribution in [0.2, 0.25) is 0 Å². The van der Waals surface area contributed by atoms with E-state index in [-0.39, 0.29) is 54.4 Å². The van der Waals surface area contributed by atoms with Crippen molar-refractivity contribution in [1.82, 2.24) is 0 Å². The van der Waals surface area contributed by atoms with Crippen LogP contribution in [-0.2, 0) is 74.2 Å². The van der Waals surface area contributed by atoms with Crippen LogP contribution in [0.25, 0.3) is 0 Å². The summed E-state index contributed by atoms with van der Waals surface area (Å²) in [5, 5.41) is 0. The van der Waals surface area contributed by atoms with E-state index in [1.165, 1.54) is 0 Å². The quantitative estimate of drug-likeness (QED) is 0.118. The zero-order valence-corrected chi connectivity index (χ0v) is 17.5. The van der Waals surface area contributed by atoms with Crippen molar-refractivity contribution in [3.05, 3.63) is 0 Å². The standard InChI is InChI=1S/Fe.Li.Mn.H7O16P5.H/c;;;1-17(2,3)13-19(7,8)15-21(11,12)16-20(9,10)14-18(4,5)6;/h;;;(H,7,8)(H,9,10)(H,11,12)(H2,1,2,3)(H2,4,5,6);/q;+1;;;-1. The van der Waals surface area contributed by atoms with Crippen LogP contribution in [-0.4, -0.2) is 34.3 Å². The van der Waals surface area contributed by atoms with E-state index in [1.54, 1.807) is 0 Å². The van der Waals surface area contributed by atoms with Gasteiger partial charge in [-0.05, 0) is 0 Å². The zero-order chi connectivity index (χ0) is 17.3. The van der Waals surface area contributed by atoms with E-state index in [0.717, 1.165) is 0 Å². The molecule has 24 heavy (non-hydrogen) atoms. The van der Waals surface area contributed by atoms with Crippen LogP contribution in [0, 0.1) is 0 Å². The summed E-state index contributed by atoms with van der Waals surface area (Å²) in [5.41, 5.74) is 0. The third-order valence-electron chi connectivity index (χ3n) is 0.832. The van der Waals surface area contributed by atoms with E-state index in [1.807, 2.05) is 0 Å². The van der Waals surface area contributed by atoms with Gasteiger partial charge in [0.2, 0.25) is 0 Å². The van der Waals surface area contributed by atoms with Crippen LogP contribution in [0.15, 0.2) is 0 Å². The average Bonchev–Trinajstić information content (AvgIpc) is 1.83. The Labute approximate surface area is 167 Å². The molecular weight excluding hydrogens is 529 g/mol. The maximum absolute atomic E-state index is 11.0. The van der Waals surface area contributed by atoms with E-state index in [2.05, 4.69) is 17.2 Å². The molecule has 2 atom stereocenters. The number of rotatable bonds is 8. The van der Waals surface area contributed by atoms with Crippen molar-refractivity contribution >= 4 is 39.1 Å². The van der Waals surface area contributed by atoms with Crippen LogP contribution in [0.3, 0.4) is 0 Å². The van der Waals surface area contributed by atoms with Crippen molar-refractivity contribution < 1.29 is 129 Å². The fourth-order valence-electron chi connectivity index (χ4n) is 0.574. The number of hydrogen-bond donors (Lipinski definition) is 7. The molecule has 0 aromatic carbocycles. The number of hydrogen-bond acceptors (Lipinski definition) is 9. The van der Waals surface area contributed by atoms with Gasteiger partial charge in [0, 0.05) is 34.1 Å². The average molecular weight is 537 g/mol. The molecule has 0 aliphatic heterocycles. The largest absolute Gasteiger partial charge is 1.00 e. The van der Waals surface area contributed by atoms with Crippen LogP contribution in [0.5, 0.6) is 0 Å². The molecule has 0 rings (SSSR count). The van der Waals surface area contributed by atoms with E-state index in [9.17, 15) is 22.8 Å². The predicted molar refractivity (Wildman–Crippen MR) is 59.0 cm³/mol. The minimum Gasteiger partial charge on any atom is -1.00 e. The van der Waals surface area contributed by atoms with Crippen molar-refractivity contribution in [2.45, 2.75) is 0 Å². The van der Waals surface area contributed by atoms with Gasteiger partial charge in [-0.2, -0.15) is 17.2 Å². The molecule has 0 spiro atoms. The molecule has 145 valence electrons. The molecule has 0 saturated heterocycles. The summed E-state index contributed by atoms with van der Waals surface area (Å²) in [4.78, 5) is 58.7. The first-order valence-corrected chi connectivity index (χ1v) is 11.3. The molecule has 16 nitrogen and oxygen atoms in total. The number of phosphoric acid groups is 5. The Morgan fingerprint density at radius 2 is 0.708 bits per heavy atom. The fraction of sp³-hybridized carbons (Fsp3) is 0.